The van der Waals surface area contributed by atoms with Crippen LogP contribution in [0.4, 0.5) is 13.6 Å². The molecular formula is C58H76AlF2N9O14. The highest BCUT2D eigenvalue weighted by Crippen LogP contribution is 2.42. The molecule has 0 bridgehead atoms. The van der Waals surface area contributed by atoms with Crippen LogP contribution in [0.2, 0.25) is 14.8 Å². The third-order valence-electron chi connectivity index (χ3n) is 14.0. The maximum absolute atomic E-state index is 15.5. The number of aromatic nitrogens is 1. The van der Waals surface area contributed by atoms with Crippen molar-refractivity contribution in [3.8, 4) is 11.1 Å². The zero-order chi connectivity index (χ0) is 62.3. The van der Waals surface area contributed by atoms with Gasteiger partial charge in [-0.3, -0.25) is 43.2 Å². The van der Waals surface area contributed by atoms with Crippen molar-refractivity contribution in [2.24, 2.45) is 11.1 Å². The molecule has 23 nitrogen and oxygen atoms in total. The molecule has 454 valence electrons. The molecule has 1 aromatic heterocycles. The fourth-order valence-corrected chi connectivity index (χ4v) is 13.5. The molecule has 0 spiro atoms. The van der Waals surface area contributed by atoms with Crippen molar-refractivity contribution >= 4 is 73.5 Å². The van der Waals surface area contributed by atoms with Gasteiger partial charge in [-0.2, -0.15) is 0 Å². The van der Waals surface area contributed by atoms with E-state index in [4.69, 9.17) is 10.5 Å². The summed E-state index contributed by atoms with van der Waals surface area (Å²) in [7, 11) is 0. The molecule has 84 heavy (non-hydrogen) atoms. The lowest BCUT2D eigenvalue weighted by Crippen LogP contribution is -2.58. The van der Waals surface area contributed by atoms with Crippen LogP contribution in [0.15, 0.2) is 91.1 Å². The van der Waals surface area contributed by atoms with Gasteiger partial charge in [0.05, 0.1) is 25.4 Å². The van der Waals surface area contributed by atoms with Crippen molar-refractivity contribution in [1.82, 2.24) is 41.4 Å². The number of carboxylic acid groups (broad SMARTS) is 2. The standard InChI is InChI=1S/C54H66F2N9O14.2C2H5.Al/c1-32(22-47(71)72)21-44(68)60-27-45(69)58-18-19-59-50(75)39(61-51(76)40(25-43(57)67)62-52(77)41(26-48(73)74)63-53(78)79-31-34-13-9-6-10-14-34)17-20-65(46(70)30-66)49(54(2,3)4)42-23-35(37-24-36(55)15-16-38(37)56)29-64(42)28-33-11-7-5-8-12-33;2*1-2;/h5-16,23-24,29,39-41,49,66H,17-22,25-28,30-31H2,1-4H3,(H2,57,67)(H,58,69)(H,59,75)(H,60,68)(H,61,76)(H,62,77)(H,63,78)(H,71,72)(H,73,74);2*1H2,2H3;/t39-,40-,41-,49-;;;/m0.../s1. The Kier molecular flexibility index (Phi) is 26.5. The summed E-state index contributed by atoms with van der Waals surface area (Å²) in [6.45, 7) is 8.42. The molecule has 0 radical (unpaired) electrons. The molecule has 26 heteroatoms. The topological polar surface area (TPSA) is 347 Å². The van der Waals surface area contributed by atoms with E-state index in [-0.39, 0.29) is 50.2 Å². The Balaban J connectivity index is 1.67. The van der Waals surface area contributed by atoms with Gasteiger partial charge in [0, 0.05) is 62.0 Å². The van der Waals surface area contributed by atoms with Gasteiger partial charge in [0.1, 0.15) is 43.0 Å². The monoisotopic (exact) mass is 1190 g/mol. The molecule has 5 atom stereocenters. The zero-order valence-corrected chi connectivity index (χ0v) is 49.2. The number of hydrogen-bond acceptors (Lipinski definition) is 12. The molecule has 4 aromatic rings. The van der Waals surface area contributed by atoms with Gasteiger partial charge in [-0.25, -0.2) is 13.6 Å². The Hall–Kier alpha value is -8.21. The number of halogens is 2. The van der Waals surface area contributed by atoms with Gasteiger partial charge >= 0.3 is 18.0 Å². The number of carbonyl (C=O) groups is 10. The van der Waals surface area contributed by atoms with E-state index < -0.39 is 158 Å². The van der Waals surface area contributed by atoms with Gasteiger partial charge in [0.15, 0.2) is 0 Å². The second-order valence-corrected chi connectivity index (χ2v) is 26.1. The summed E-state index contributed by atoms with van der Waals surface area (Å²) in [4.78, 5) is 133. The number of aliphatic hydroxyl groups excluding tert-OH is 1. The molecule has 0 aliphatic carbocycles. The van der Waals surface area contributed by atoms with E-state index in [1.165, 1.54) is 4.90 Å². The van der Waals surface area contributed by atoms with Crippen LogP contribution in [-0.2, 0) is 61.0 Å². The molecule has 0 saturated heterocycles. The van der Waals surface area contributed by atoms with Crippen LogP contribution in [0, 0.1) is 17.0 Å². The van der Waals surface area contributed by atoms with E-state index in [0.29, 0.717) is 11.3 Å². The molecule has 0 aliphatic rings. The van der Waals surface area contributed by atoms with Gasteiger partial charge in [0.2, 0.25) is 41.4 Å². The number of carboxylic acids is 2. The van der Waals surface area contributed by atoms with E-state index in [2.05, 4.69) is 31.9 Å². The van der Waals surface area contributed by atoms with E-state index in [1.54, 1.807) is 93.1 Å². The number of aliphatic hydroxyl groups is 1. The van der Waals surface area contributed by atoms with Gasteiger partial charge < -0.3 is 67.2 Å². The van der Waals surface area contributed by atoms with E-state index in [9.17, 15) is 67.7 Å². The van der Waals surface area contributed by atoms with E-state index in [0.717, 1.165) is 34.3 Å². The fourth-order valence-electron chi connectivity index (χ4n) is 10.0. The lowest BCUT2D eigenvalue weighted by Gasteiger charge is -2.41. The zero-order valence-electron chi connectivity index (χ0n) is 48.0. The van der Waals surface area contributed by atoms with Crippen LogP contribution >= 0.6 is 0 Å². The largest absolute Gasteiger partial charge is 0.481 e. The fraction of sp³-hybridized carbons (Fsp3) is 0.448. The average Bonchev–Trinajstić information content (AvgIpc) is 4.09. The summed E-state index contributed by atoms with van der Waals surface area (Å²) >= 11 is -1.69. The molecule has 1 heterocycles. The Morgan fingerprint density at radius 2 is 1.30 bits per heavy atom. The van der Waals surface area contributed by atoms with Crippen molar-refractivity contribution in [1.29, 1.82) is 0 Å². The number of hydrogen-bond donors (Lipinski definition) is 10. The van der Waals surface area contributed by atoms with Crippen molar-refractivity contribution in [3.05, 3.63) is 120 Å². The van der Waals surface area contributed by atoms with Gasteiger partial charge in [-0.05, 0) is 47.2 Å². The summed E-state index contributed by atoms with van der Waals surface area (Å²) in [5, 5.41) is 45.8. The van der Waals surface area contributed by atoms with Gasteiger partial charge in [0.25, 0.3) is 14.1 Å². The van der Waals surface area contributed by atoms with Crippen LogP contribution < -0.4 is 37.6 Å². The summed E-state index contributed by atoms with van der Waals surface area (Å²) < 4.78 is 36.3. The molecular weight excluding hydrogens is 1110 g/mol. The minimum atomic E-state index is -1.92. The second-order valence-electron chi connectivity index (χ2n) is 21.7. The third kappa shape index (κ3) is 21.5. The van der Waals surface area contributed by atoms with Gasteiger partial charge in [-0.15, -0.1) is 0 Å². The number of rotatable bonds is 33. The maximum atomic E-state index is 15.5. The first kappa shape index (κ1) is 68.3. The highest BCUT2D eigenvalue weighted by molar-refractivity contribution is 6.62. The number of nitrogens with one attached hydrogen (secondary N) is 6. The number of carbonyl (C=O) groups excluding carboxylic acids is 8. The number of nitrogens with zero attached hydrogens (tertiary/aromatic N) is 2. The SMILES string of the molecule is C[CH2][Al]([CH2]C)[C](C)(CC(=O)O)CC(=O)NCC(=O)NCCNC(=O)[C@H](CCN(C(=O)CO)[C@@H](c1cc(-c2cc(F)ccc2F)cn1Cc1ccccc1)C(C)(C)C)NC(=O)[C@H](CC(N)=O)NC(=O)[C@H](CC(=O)O)NC(=O)OCc1ccccc1. The van der Waals surface area contributed by atoms with E-state index in [1.807, 2.05) is 26.0 Å². The van der Waals surface area contributed by atoms with Crippen molar-refractivity contribution in [3.63, 3.8) is 0 Å². The Morgan fingerprint density at radius 3 is 1.87 bits per heavy atom. The van der Waals surface area contributed by atoms with Crippen LogP contribution in [0.1, 0.15) is 96.5 Å². The Labute approximate surface area is 490 Å². The van der Waals surface area contributed by atoms with Crippen molar-refractivity contribution < 1.29 is 76.8 Å². The molecule has 11 N–H and O–H groups in total. The lowest BCUT2D eigenvalue weighted by molar-refractivity contribution is -0.141. The summed E-state index contributed by atoms with van der Waals surface area (Å²) in [6.07, 6.45) is -2.32. The number of alkyl carbamates (subject to hydrolysis) is 1. The second kappa shape index (κ2) is 32.6. The maximum Gasteiger partial charge on any atom is 0.408 e. The molecule has 1 unspecified atom stereocenters. The number of benzene rings is 3. The highest BCUT2D eigenvalue weighted by atomic mass is 27.2. The van der Waals surface area contributed by atoms with Crippen molar-refractivity contribution in [2.75, 3.05) is 32.8 Å². The van der Waals surface area contributed by atoms with Crippen LogP contribution in [0.25, 0.3) is 11.1 Å². The number of aliphatic carboxylic acids is 2. The van der Waals surface area contributed by atoms with Crippen molar-refractivity contribution in [2.45, 2.75) is 126 Å². The number of ether oxygens (including phenoxy) is 1. The van der Waals surface area contributed by atoms with Crippen LogP contribution in [0.5, 0.6) is 0 Å². The lowest BCUT2D eigenvalue weighted by atomic mass is 9.82. The van der Waals surface area contributed by atoms with Crippen LogP contribution in [-0.4, -0.2) is 149 Å². The molecule has 8 amide bonds. The normalized spacial score (nSPS) is 13.3. The molecule has 0 saturated carbocycles. The Bertz CT molecular complexity index is 2940. The Morgan fingerprint density at radius 1 is 0.702 bits per heavy atom. The molecule has 4 rings (SSSR count). The predicted octanol–water partition coefficient (Wildman–Crippen LogP) is 3.90. The highest BCUT2D eigenvalue weighted by Gasteiger charge is 2.41. The van der Waals surface area contributed by atoms with E-state index >= 15 is 4.39 Å². The van der Waals surface area contributed by atoms with Gasteiger partial charge in [-0.1, -0.05) is 117 Å². The minimum Gasteiger partial charge on any atom is -0.481 e. The predicted molar refractivity (Wildman–Crippen MR) is 305 cm³/mol. The molecule has 0 fully saturated rings. The number of nitrogens with two attached hydrogens (primary N) is 1. The average molecular weight is 1190 g/mol. The number of primary amides is 1. The first-order valence-corrected chi connectivity index (χ1v) is 29.6. The smallest absolute Gasteiger partial charge is 0.408 e. The quantitative estimate of drug-likeness (QED) is 0.0239. The summed E-state index contributed by atoms with van der Waals surface area (Å²) in [6, 6.07) is 15.5. The first-order chi connectivity index (χ1) is 39.7. The number of amides is 8. The summed E-state index contributed by atoms with van der Waals surface area (Å²) in [5.41, 5.74) is 6.47. The third-order valence-corrected chi connectivity index (χ3v) is 18.4. The summed E-state index contributed by atoms with van der Waals surface area (Å²) in [5.74, 6) is -10.7. The molecule has 0 aliphatic heterocycles. The van der Waals surface area contributed by atoms with Crippen LogP contribution in [0.3, 0.4) is 0 Å². The first-order valence-electron chi connectivity index (χ1n) is 27.4. The minimum absolute atomic E-state index is 0.0868. The molecule has 3 aromatic carbocycles.